The summed E-state index contributed by atoms with van der Waals surface area (Å²) in [4.78, 5) is 0. The molecule has 1 aliphatic carbocycles. The first kappa shape index (κ1) is 11.1. The van der Waals surface area contributed by atoms with Gasteiger partial charge in [-0.25, -0.2) is 0 Å². The van der Waals surface area contributed by atoms with Gasteiger partial charge in [-0.05, 0) is 29.6 Å². The Morgan fingerprint density at radius 2 is 1.92 bits per heavy atom. The lowest BCUT2D eigenvalue weighted by molar-refractivity contribution is 0.301. The molecular weight excluding hydrogens is 156 g/mol. The van der Waals surface area contributed by atoms with Gasteiger partial charge >= 0.3 is 0 Å². The van der Waals surface area contributed by atoms with Crippen LogP contribution in [0.1, 0.15) is 60.3 Å². The van der Waals surface area contributed by atoms with Crippen LogP contribution >= 0.6 is 0 Å². The molecule has 1 aliphatic rings. The van der Waals surface area contributed by atoms with Gasteiger partial charge in [-0.15, -0.1) is 0 Å². The van der Waals surface area contributed by atoms with Crippen molar-refractivity contribution in [2.45, 2.75) is 60.3 Å². The second-order valence-corrected chi connectivity index (χ2v) is 5.59. The molecular formula is C13H26. The zero-order valence-electron chi connectivity index (χ0n) is 10.1. The molecule has 0 aromatic heterocycles. The highest BCUT2D eigenvalue weighted by molar-refractivity contribution is 5.02. The highest BCUT2D eigenvalue weighted by Crippen LogP contribution is 2.61. The van der Waals surface area contributed by atoms with E-state index >= 15 is 0 Å². The molecule has 0 bridgehead atoms. The van der Waals surface area contributed by atoms with Gasteiger partial charge in [0.2, 0.25) is 0 Å². The molecule has 1 rings (SSSR count). The maximum absolute atomic E-state index is 2.48. The van der Waals surface area contributed by atoms with E-state index in [9.17, 15) is 0 Å². The molecule has 0 N–H and O–H groups in total. The predicted octanol–water partition coefficient (Wildman–Crippen LogP) is 4.49. The second-order valence-electron chi connectivity index (χ2n) is 5.59. The van der Waals surface area contributed by atoms with Gasteiger partial charge in [-0.2, -0.15) is 0 Å². The molecule has 0 nitrogen and oxygen atoms in total. The maximum atomic E-state index is 2.48. The van der Waals surface area contributed by atoms with E-state index in [0.29, 0.717) is 5.41 Å². The normalized spacial score (nSPS) is 35.1. The summed E-state index contributed by atoms with van der Waals surface area (Å²) in [5.41, 5.74) is 0.688. The molecule has 0 aliphatic heterocycles. The third kappa shape index (κ3) is 2.27. The fraction of sp³-hybridized carbons (Fsp3) is 1.00. The SMILES string of the molecule is CCCCC(C)C1CC1(C)C(C)C. The zero-order valence-corrected chi connectivity index (χ0v) is 10.1. The lowest BCUT2D eigenvalue weighted by Gasteiger charge is -2.19. The first-order valence-corrected chi connectivity index (χ1v) is 6.02. The van der Waals surface area contributed by atoms with E-state index < -0.39 is 0 Å². The Balaban J connectivity index is 2.32. The van der Waals surface area contributed by atoms with Gasteiger partial charge in [0, 0.05) is 0 Å². The zero-order chi connectivity index (χ0) is 10.1. The van der Waals surface area contributed by atoms with Gasteiger partial charge in [-0.3, -0.25) is 0 Å². The van der Waals surface area contributed by atoms with Crippen LogP contribution in [0.2, 0.25) is 0 Å². The molecule has 1 saturated carbocycles. The van der Waals surface area contributed by atoms with Gasteiger partial charge in [0.25, 0.3) is 0 Å². The van der Waals surface area contributed by atoms with Crippen LogP contribution in [-0.4, -0.2) is 0 Å². The summed E-state index contributed by atoms with van der Waals surface area (Å²) in [7, 11) is 0. The molecule has 0 aromatic carbocycles. The molecule has 3 unspecified atom stereocenters. The second kappa shape index (κ2) is 4.02. The van der Waals surface area contributed by atoms with Gasteiger partial charge in [0.1, 0.15) is 0 Å². The number of hydrogen-bond acceptors (Lipinski definition) is 0. The van der Waals surface area contributed by atoms with Crippen LogP contribution in [-0.2, 0) is 0 Å². The third-order valence-electron chi connectivity index (χ3n) is 4.37. The Morgan fingerprint density at radius 3 is 2.31 bits per heavy atom. The topological polar surface area (TPSA) is 0 Å². The third-order valence-corrected chi connectivity index (χ3v) is 4.37. The summed E-state index contributed by atoms with van der Waals surface area (Å²) in [5, 5.41) is 0. The van der Waals surface area contributed by atoms with Crippen LogP contribution in [0.4, 0.5) is 0 Å². The van der Waals surface area contributed by atoms with Crippen molar-refractivity contribution in [3.05, 3.63) is 0 Å². The Labute approximate surface area is 84.1 Å². The summed E-state index contributed by atoms with van der Waals surface area (Å²) < 4.78 is 0. The average molecular weight is 182 g/mol. The van der Waals surface area contributed by atoms with E-state index in [1.807, 2.05) is 0 Å². The molecule has 3 atom stereocenters. The van der Waals surface area contributed by atoms with Crippen molar-refractivity contribution in [3.63, 3.8) is 0 Å². The van der Waals surface area contributed by atoms with E-state index in [4.69, 9.17) is 0 Å². The smallest absolute Gasteiger partial charge is 0.0269 e. The fourth-order valence-corrected chi connectivity index (χ4v) is 2.66. The van der Waals surface area contributed by atoms with Gasteiger partial charge in [-0.1, -0.05) is 53.9 Å². The van der Waals surface area contributed by atoms with Crippen molar-refractivity contribution < 1.29 is 0 Å². The molecule has 78 valence electrons. The molecule has 13 heavy (non-hydrogen) atoms. The molecule has 0 heterocycles. The van der Waals surface area contributed by atoms with Crippen LogP contribution in [0.3, 0.4) is 0 Å². The summed E-state index contributed by atoms with van der Waals surface area (Å²) in [5.74, 6) is 2.87. The van der Waals surface area contributed by atoms with Crippen molar-refractivity contribution in [3.8, 4) is 0 Å². The van der Waals surface area contributed by atoms with Crippen LogP contribution < -0.4 is 0 Å². The quantitative estimate of drug-likeness (QED) is 0.587. The Kier molecular flexibility index (Phi) is 3.43. The van der Waals surface area contributed by atoms with E-state index in [1.165, 1.54) is 25.7 Å². The molecule has 0 amide bonds. The van der Waals surface area contributed by atoms with Gasteiger partial charge in [0.15, 0.2) is 0 Å². The van der Waals surface area contributed by atoms with Crippen molar-refractivity contribution in [2.24, 2.45) is 23.2 Å². The van der Waals surface area contributed by atoms with Gasteiger partial charge < -0.3 is 0 Å². The Bertz CT molecular complexity index is 159. The highest BCUT2D eigenvalue weighted by atomic mass is 14.6. The van der Waals surface area contributed by atoms with Crippen LogP contribution in [0.5, 0.6) is 0 Å². The minimum Gasteiger partial charge on any atom is -0.0654 e. The van der Waals surface area contributed by atoms with Gasteiger partial charge in [0.05, 0.1) is 0 Å². The molecule has 0 heteroatoms. The maximum Gasteiger partial charge on any atom is -0.0269 e. The predicted molar refractivity (Wildman–Crippen MR) is 59.7 cm³/mol. The Morgan fingerprint density at radius 1 is 1.31 bits per heavy atom. The largest absolute Gasteiger partial charge is 0.0654 e. The van der Waals surface area contributed by atoms with Crippen molar-refractivity contribution in [1.29, 1.82) is 0 Å². The number of rotatable bonds is 5. The summed E-state index contributed by atoms with van der Waals surface area (Å²) in [6.45, 7) is 12.0. The summed E-state index contributed by atoms with van der Waals surface area (Å²) in [6, 6.07) is 0. The molecule has 0 radical (unpaired) electrons. The molecule has 0 saturated heterocycles. The van der Waals surface area contributed by atoms with E-state index in [2.05, 4.69) is 34.6 Å². The monoisotopic (exact) mass is 182 g/mol. The van der Waals surface area contributed by atoms with Crippen molar-refractivity contribution >= 4 is 0 Å². The first-order chi connectivity index (χ1) is 6.02. The summed E-state index contributed by atoms with van der Waals surface area (Å²) >= 11 is 0. The van der Waals surface area contributed by atoms with Crippen molar-refractivity contribution in [2.75, 3.05) is 0 Å². The lowest BCUT2D eigenvalue weighted by atomic mass is 9.86. The summed E-state index contributed by atoms with van der Waals surface area (Å²) in [6.07, 6.45) is 5.71. The minimum atomic E-state index is 0.688. The van der Waals surface area contributed by atoms with Crippen LogP contribution in [0.15, 0.2) is 0 Å². The fourth-order valence-electron chi connectivity index (χ4n) is 2.66. The first-order valence-electron chi connectivity index (χ1n) is 6.02. The average Bonchev–Trinajstić information content (AvgIpc) is 2.75. The highest BCUT2D eigenvalue weighted by Gasteiger charge is 2.53. The van der Waals surface area contributed by atoms with Crippen molar-refractivity contribution in [1.82, 2.24) is 0 Å². The Hall–Kier alpha value is 0. The molecule has 1 fully saturated rings. The van der Waals surface area contributed by atoms with E-state index in [0.717, 1.165) is 17.8 Å². The van der Waals surface area contributed by atoms with Crippen LogP contribution in [0.25, 0.3) is 0 Å². The minimum absolute atomic E-state index is 0.688. The van der Waals surface area contributed by atoms with E-state index in [1.54, 1.807) is 0 Å². The number of unbranched alkanes of at least 4 members (excludes halogenated alkanes) is 1. The van der Waals surface area contributed by atoms with E-state index in [-0.39, 0.29) is 0 Å². The lowest BCUT2D eigenvalue weighted by Crippen LogP contribution is -2.11. The standard InChI is InChI=1S/C13H26/c1-6-7-8-11(4)12-9-13(12,5)10(2)3/h10-12H,6-9H2,1-5H3. The molecule has 0 aromatic rings. The molecule has 0 spiro atoms. The van der Waals surface area contributed by atoms with Crippen LogP contribution in [0, 0.1) is 23.2 Å². The number of hydrogen-bond donors (Lipinski definition) is 0.